The highest BCUT2D eigenvalue weighted by atomic mass is 16.5. The second kappa shape index (κ2) is 8.61. The molecule has 2 fully saturated rings. The largest absolute Gasteiger partial charge is 0.379 e. The van der Waals surface area contributed by atoms with Crippen molar-refractivity contribution in [3.05, 3.63) is 22.9 Å². The van der Waals surface area contributed by atoms with E-state index in [1.54, 1.807) is 0 Å². The van der Waals surface area contributed by atoms with Crippen LogP contribution in [-0.2, 0) is 4.74 Å². The Morgan fingerprint density at radius 3 is 2.64 bits per heavy atom. The second-order valence-corrected chi connectivity index (χ2v) is 7.04. The Morgan fingerprint density at radius 2 is 1.96 bits per heavy atom. The number of hydrogen-bond donors (Lipinski definition) is 1. The zero-order valence-corrected chi connectivity index (χ0v) is 15.4. The lowest BCUT2D eigenvalue weighted by Crippen LogP contribution is -2.46. The number of aromatic nitrogens is 1. The first-order chi connectivity index (χ1) is 12.2. The molecule has 0 atom stereocenters. The number of aryl methyl sites for hydroxylation is 2. The van der Waals surface area contributed by atoms with Crippen LogP contribution in [0.25, 0.3) is 0 Å². The molecule has 3 heterocycles. The Labute approximate surface area is 150 Å². The van der Waals surface area contributed by atoms with Gasteiger partial charge in [-0.3, -0.25) is 4.90 Å². The van der Waals surface area contributed by atoms with Gasteiger partial charge in [0.05, 0.1) is 18.8 Å². The first-order valence-electron chi connectivity index (χ1n) is 9.34. The summed E-state index contributed by atoms with van der Waals surface area (Å²) in [6.07, 6.45) is 2.20. The Balaban J connectivity index is 1.47. The minimum Gasteiger partial charge on any atom is -0.379 e. The van der Waals surface area contributed by atoms with E-state index in [2.05, 4.69) is 26.2 Å². The molecule has 2 aliphatic rings. The fourth-order valence-corrected chi connectivity index (χ4v) is 3.56. The molecule has 0 saturated carbocycles. The third kappa shape index (κ3) is 4.69. The van der Waals surface area contributed by atoms with Crippen LogP contribution in [0.4, 0.5) is 5.82 Å². The zero-order chi connectivity index (χ0) is 17.6. The monoisotopic (exact) mass is 343 g/mol. The molecular formula is C19H29N5O. The lowest BCUT2D eigenvalue weighted by atomic mass is 10.0. The summed E-state index contributed by atoms with van der Waals surface area (Å²) in [5, 5.41) is 13.1. The third-order valence-electron chi connectivity index (χ3n) is 5.33. The van der Waals surface area contributed by atoms with Gasteiger partial charge in [-0.2, -0.15) is 5.26 Å². The topological polar surface area (TPSA) is 64.4 Å². The standard InChI is InChI=1S/C19H29N5O/c1-15-13-17(14-20)19(22-16(15)2)24-6-3-18(4-7-24)21-5-8-23-9-11-25-12-10-23/h13,18,21H,3-12H2,1-2H3. The highest BCUT2D eigenvalue weighted by Crippen LogP contribution is 2.24. The number of hydrogen-bond acceptors (Lipinski definition) is 6. The van der Waals surface area contributed by atoms with Gasteiger partial charge in [-0.15, -0.1) is 0 Å². The molecule has 6 nitrogen and oxygen atoms in total. The molecule has 0 radical (unpaired) electrons. The van der Waals surface area contributed by atoms with Gasteiger partial charge in [0.25, 0.3) is 0 Å². The van der Waals surface area contributed by atoms with Crippen molar-refractivity contribution in [1.29, 1.82) is 5.26 Å². The van der Waals surface area contributed by atoms with Gasteiger partial charge < -0.3 is 15.0 Å². The minimum atomic E-state index is 0.564. The highest BCUT2D eigenvalue weighted by molar-refractivity contribution is 5.56. The van der Waals surface area contributed by atoms with E-state index in [1.807, 2.05) is 19.9 Å². The van der Waals surface area contributed by atoms with E-state index in [4.69, 9.17) is 4.74 Å². The first kappa shape index (κ1) is 18.1. The number of anilines is 1. The van der Waals surface area contributed by atoms with Gasteiger partial charge in [-0.05, 0) is 38.3 Å². The van der Waals surface area contributed by atoms with Gasteiger partial charge in [0.2, 0.25) is 0 Å². The molecule has 136 valence electrons. The maximum absolute atomic E-state index is 9.41. The Morgan fingerprint density at radius 1 is 1.24 bits per heavy atom. The van der Waals surface area contributed by atoms with Gasteiger partial charge in [0, 0.05) is 51.0 Å². The summed E-state index contributed by atoms with van der Waals surface area (Å²) in [4.78, 5) is 9.41. The van der Waals surface area contributed by atoms with Gasteiger partial charge in [-0.1, -0.05) is 0 Å². The predicted molar refractivity (Wildman–Crippen MR) is 98.9 cm³/mol. The summed E-state index contributed by atoms with van der Waals surface area (Å²) in [6.45, 7) is 11.9. The molecule has 0 aromatic carbocycles. The van der Waals surface area contributed by atoms with Crippen molar-refractivity contribution in [2.45, 2.75) is 32.7 Å². The molecule has 25 heavy (non-hydrogen) atoms. The first-order valence-corrected chi connectivity index (χ1v) is 9.34. The Hall–Kier alpha value is -1.68. The fraction of sp³-hybridized carbons (Fsp3) is 0.684. The number of nitrogens with zero attached hydrogens (tertiary/aromatic N) is 4. The number of ether oxygens (including phenoxy) is 1. The lowest BCUT2D eigenvalue weighted by Gasteiger charge is -2.34. The molecule has 0 spiro atoms. The van der Waals surface area contributed by atoms with Crippen molar-refractivity contribution < 1.29 is 4.74 Å². The van der Waals surface area contributed by atoms with Crippen LogP contribution < -0.4 is 10.2 Å². The van der Waals surface area contributed by atoms with Crippen molar-refractivity contribution in [2.75, 3.05) is 57.4 Å². The van der Waals surface area contributed by atoms with E-state index in [-0.39, 0.29) is 0 Å². The van der Waals surface area contributed by atoms with E-state index in [1.165, 1.54) is 0 Å². The molecule has 2 aliphatic heterocycles. The zero-order valence-electron chi connectivity index (χ0n) is 15.4. The van der Waals surface area contributed by atoms with Crippen LogP contribution in [0.3, 0.4) is 0 Å². The normalized spacial score (nSPS) is 19.8. The fourth-order valence-electron chi connectivity index (χ4n) is 3.56. The average molecular weight is 343 g/mol. The molecule has 1 N–H and O–H groups in total. The number of rotatable bonds is 5. The van der Waals surface area contributed by atoms with Gasteiger partial charge in [0.15, 0.2) is 0 Å². The van der Waals surface area contributed by atoms with E-state index >= 15 is 0 Å². The summed E-state index contributed by atoms with van der Waals surface area (Å²) < 4.78 is 5.39. The van der Waals surface area contributed by atoms with Crippen molar-refractivity contribution in [3.63, 3.8) is 0 Å². The summed E-state index contributed by atoms with van der Waals surface area (Å²) in [5.74, 6) is 0.859. The van der Waals surface area contributed by atoms with E-state index in [0.717, 1.165) is 82.4 Å². The van der Waals surface area contributed by atoms with Crippen molar-refractivity contribution in [2.24, 2.45) is 0 Å². The predicted octanol–water partition coefficient (Wildman–Crippen LogP) is 1.46. The van der Waals surface area contributed by atoms with Crippen LogP contribution in [0.1, 0.15) is 29.7 Å². The summed E-state index contributed by atoms with van der Waals surface area (Å²) in [6, 6.07) is 4.83. The van der Waals surface area contributed by atoms with Crippen LogP contribution >= 0.6 is 0 Å². The van der Waals surface area contributed by atoms with Crippen molar-refractivity contribution in [1.82, 2.24) is 15.2 Å². The number of nitriles is 1. The number of morpholine rings is 1. The van der Waals surface area contributed by atoms with E-state index < -0.39 is 0 Å². The molecule has 0 unspecified atom stereocenters. The summed E-state index contributed by atoms with van der Waals surface area (Å²) >= 11 is 0. The SMILES string of the molecule is Cc1cc(C#N)c(N2CCC(NCCN3CCOCC3)CC2)nc1C. The van der Waals surface area contributed by atoms with Crippen LogP contribution in [0.5, 0.6) is 0 Å². The second-order valence-electron chi connectivity index (χ2n) is 7.04. The molecule has 1 aromatic heterocycles. The van der Waals surface area contributed by atoms with Gasteiger partial charge >= 0.3 is 0 Å². The maximum Gasteiger partial charge on any atom is 0.146 e. The van der Waals surface area contributed by atoms with Crippen LogP contribution in [-0.4, -0.2) is 68.4 Å². The summed E-state index contributed by atoms with van der Waals surface area (Å²) in [5.41, 5.74) is 2.79. The molecular weight excluding hydrogens is 314 g/mol. The lowest BCUT2D eigenvalue weighted by molar-refractivity contribution is 0.0380. The highest BCUT2D eigenvalue weighted by Gasteiger charge is 2.22. The third-order valence-corrected chi connectivity index (χ3v) is 5.33. The number of nitrogens with one attached hydrogen (secondary N) is 1. The number of pyridine rings is 1. The molecule has 2 saturated heterocycles. The van der Waals surface area contributed by atoms with Crippen LogP contribution in [0.15, 0.2) is 6.07 Å². The van der Waals surface area contributed by atoms with Crippen molar-refractivity contribution >= 4 is 5.82 Å². The van der Waals surface area contributed by atoms with E-state index in [9.17, 15) is 5.26 Å². The average Bonchev–Trinajstić information content (AvgIpc) is 2.65. The van der Waals surface area contributed by atoms with Gasteiger partial charge in [-0.25, -0.2) is 4.98 Å². The molecule has 0 amide bonds. The molecule has 6 heteroatoms. The van der Waals surface area contributed by atoms with E-state index in [0.29, 0.717) is 11.6 Å². The molecule has 3 rings (SSSR count). The van der Waals surface area contributed by atoms with Crippen molar-refractivity contribution in [3.8, 4) is 6.07 Å². The minimum absolute atomic E-state index is 0.564. The Bertz CT molecular complexity index is 613. The molecule has 1 aromatic rings. The van der Waals surface area contributed by atoms with Gasteiger partial charge in [0.1, 0.15) is 11.9 Å². The van der Waals surface area contributed by atoms with Crippen LogP contribution in [0, 0.1) is 25.2 Å². The molecule has 0 aliphatic carbocycles. The van der Waals surface area contributed by atoms with Crippen LogP contribution in [0.2, 0.25) is 0 Å². The number of piperidine rings is 1. The maximum atomic E-state index is 9.41. The Kier molecular flexibility index (Phi) is 6.24. The molecule has 0 bridgehead atoms. The summed E-state index contributed by atoms with van der Waals surface area (Å²) in [7, 11) is 0. The smallest absolute Gasteiger partial charge is 0.146 e. The quantitative estimate of drug-likeness (QED) is 0.873.